The van der Waals surface area contributed by atoms with E-state index in [1.165, 1.54) is 36.2 Å². The molecule has 0 saturated carbocycles. The molecule has 0 atom stereocenters. The van der Waals surface area contributed by atoms with Crippen LogP contribution in [-0.2, 0) is 31.8 Å². The summed E-state index contributed by atoms with van der Waals surface area (Å²) >= 11 is 0. The highest BCUT2D eigenvalue weighted by atomic mass is 15.4. The van der Waals surface area contributed by atoms with Crippen molar-refractivity contribution in [3.8, 4) is 0 Å². The van der Waals surface area contributed by atoms with Crippen molar-refractivity contribution in [2.45, 2.75) is 77.2 Å². The number of nitrogens with zero attached hydrogens (tertiary/aromatic N) is 7. The van der Waals surface area contributed by atoms with Crippen molar-refractivity contribution in [2.24, 2.45) is 7.05 Å². The second kappa shape index (κ2) is 7.45. The van der Waals surface area contributed by atoms with Crippen LogP contribution in [0.3, 0.4) is 0 Å². The predicted octanol–water partition coefficient (Wildman–Crippen LogP) is 3.41. The number of hydrogen-bond donors (Lipinski definition) is 0. The van der Waals surface area contributed by atoms with Crippen LogP contribution < -0.4 is 0 Å². The maximum absolute atomic E-state index is 4.89. The Morgan fingerprint density at radius 2 is 1.77 bits per heavy atom. The topological polar surface area (TPSA) is 64.1 Å². The summed E-state index contributed by atoms with van der Waals surface area (Å²) in [6.45, 7) is 9.76. The first-order valence-electron chi connectivity index (χ1n) is 11.4. The molecule has 1 fully saturated rings. The van der Waals surface area contributed by atoms with Gasteiger partial charge in [0.1, 0.15) is 0 Å². The molecule has 0 spiro atoms. The number of aryl methyl sites for hydroxylation is 2. The number of fused-ring (bicyclic) bond motifs is 2. The minimum absolute atomic E-state index is 0.0152. The van der Waals surface area contributed by atoms with Crippen LogP contribution in [0, 0.1) is 0 Å². The van der Waals surface area contributed by atoms with Gasteiger partial charge in [-0.25, -0.2) is 0 Å². The molecule has 7 heteroatoms. The Bertz CT molecular complexity index is 1050. The van der Waals surface area contributed by atoms with Gasteiger partial charge >= 0.3 is 0 Å². The van der Waals surface area contributed by atoms with Crippen LogP contribution in [0.15, 0.2) is 12.1 Å². The molecule has 0 N–H and O–H groups in total. The minimum Gasteiger partial charge on any atom is -0.297 e. The molecule has 0 bridgehead atoms. The Kier molecular flexibility index (Phi) is 4.88. The first-order valence-corrected chi connectivity index (χ1v) is 11.4. The second-order valence-corrected chi connectivity index (χ2v) is 10.0. The third-order valence-corrected chi connectivity index (χ3v) is 6.83. The summed E-state index contributed by atoms with van der Waals surface area (Å²) in [5.74, 6) is 1.44. The van der Waals surface area contributed by atoms with Gasteiger partial charge in [0.15, 0.2) is 11.5 Å². The Hall–Kier alpha value is -2.28. The van der Waals surface area contributed by atoms with E-state index in [-0.39, 0.29) is 5.41 Å². The number of piperidine rings is 1. The van der Waals surface area contributed by atoms with E-state index in [2.05, 4.69) is 53.7 Å². The van der Waals surface area contributed by atoms with Crippen LogP contribution in [-0.4, -0.2) is 47.6 Å². The van der Waals surface area contributed by atoms with Crippen LogP contribution in [0.5, 0.6) is 0 Å². The van der Waals surface area contributed by atoms with Crippen LogP contribution in [0.4, 0.5) is 0 Å². The van der Waals surface area contributed by atoms with Gasteiger partial charge in [-0.05, 0) is 69.3 Å². The number of aromatic nitrogens is 6. The van der Waals surface area contributed by atoms with Gasteiger partial charge in [0.2, 0.25) is 0 Å². The summed E-state index contributed by atoms with van der Waals surface area (Å²) in [6, 6.07) is 4.12. The van der Waals surface area contributed by atoms with Gasteiger partial charge in [0.25, 0.3) is 0 Å². The fraction of sp³-hybridized carbons (Fsp3) is 0.652. The summed E-state index contributed by atoms with van der Waals surface area (Å²) in [5, 5.41) is 18.6. The van der Waals surface area contributed by atoms with Crippen molar-refractivity contribution >= 4 is 5.65 Å². The third kappa shape index (κ3) is 3.53. The lowest BCUT2D eigenvalue weighted by atomic mass is 9.92. The molecular formula is C23H33N7. The van der Waals surface area contributed by atoms with Crippen molar-refractivity contribution in [1.29, 1.82) is 0 Å². The van der Waals surface area contributed by atoms with Crippen LogP contribution in [0.25, 0.3) is 5.65 Å². The smallest absolute Gasteiger partial charge is 0.177 e. The molecule has 7 nitrogen and oxygen atoms in total. The van der Waals surface area contributed by atoms with E-state index in [1.54, 1.807) is 0 Å². The summed E-state index contributed by atoms with van der Waals surface area (Å²) in [6.07, 6.45) is 7.13. The Balaban J connectivity index is 1.30. The summed E-state index contributed by atoms with van der Waals surface area (Å²) < 4.78 is 4.12. The zero-order valence-electron chi connectivity index (χ0n) is 18.7. The molecule has 1 saturated heterocycles. The number of likely N-dealkylation sites (tertiary alicyclic amines) is 1. The average Bonchev–Trinajstić information content (AvgIpc) is 3.29. The van der Waals surface area contributed by atoms with Crippen molar-refractivity contribution in [1.82, 2.24) is 34.5 Å². The highest BCUT2D eigenvalue weighted by Crippen LogP contribution is 2.30. The molecule has 1 aliphatic carbocycles. The molecule has 0 unspecified atom stereocenters. The van der Waals surface area contributed by atoms with Gasteiger partial charge in [0.05, 0.1) is 17.1 Å². The molecular weight excluding hydrogens is 374 g/mol. The lowest BCUT2D eigenvalue weighted by molar-refractivity contribution is 0.196. The van der Waals surface area contributed by atoms with Crippen molar-refractivity contribution in [3.63, 3.8) is 0 Å². The second-order valence-electron chi connectivity index (χ2n) is 10.0. The lowest BCUT2D eigenvalue weighted by Crippen LogP contribution is -2.34. The molecule has 1 aliphatic heterocycles. The molecule has 30 heavy (non-hydrogen) atoms. The monoisotopic (exact) mass is 407 g/mol. The molecule has 160 valence electrons. The first kappa shape index (κ1) is 19.7. The molecule has 4 heterocycles. The minimum atomic E-state index is 0.0152. The molecule has 0 amide bonds. The average molecular weight is 408 g/mol. The quantitative estimate of drug-likeness (QED) is 0.666. The highest BCUT2D eigenvalue weighted by molar-refractivity contribution is 5.38. The van der Waals surface area contributed by atoms with Gasteiger partial charge in [0, 0.05) is 24.9 Å². The zero-order chi connectivity index (χ0) is 20.9. The Labute approximate surface area is 178 Å². The highest BCUT2D eigenvalue weighted by Gasteiger charge is 2.28. The molecule has 0 aromatic carbocycles. The Morgan fingerprint density at radius 1 is 1.00 bits per heavy atom. The largest absolute Gasteiger partial charge is 0.297 e. The fourth-order valence-electron chi connectivity index (χ4n) is 4.97. The maximum atomic E-state index is 4.89. The van der Waals surface area contributed by atoms with E-state index in [9.17, 15) is 0 Å². The van der Waals surface area contributed by atoms with Crippen molar-refractivity contribution in [3.05, 3.63) is 40.6 Å². The van der Waals surface area contributed by atoms with E-state index in [1.807, 2.05) is 10.6 Å². The molecule has 0 radical (unpaired) electrons. The zero-order valence-corrected chi connectivity index (χ0v) is 18.7. The van der Waals surface area contributed by atoms with Gasteiger partial charge in [-0.3, -0.25) is 9.58 Å². The normalized spacial score (nSPS) is 18.8. The van der Waals surface area contributed by atoms with Crippen molar-refractivity contribution < 1.29 is 0 Å². The van der Waals surface area contributed by atoms with Crippen LogP contribution in [0.2, 0.25) is 0 Å². The summed E-state index contributed by atoms with van der Waals surface area (Å²) in [5.41, 5.74) is 6.22. The maximum Gasteiger partial charge on any atom is 0.177 e. The molecule has 5 rings (SSSR count). The van der Waals surface area contributed by atoms with Crippen molar-refractivity contribution in [2.75, 3.05) is 13.1 Å². The number of hydrogen-bond acceptors (Lipinski definition) is 5. The molecule has 3 aromatic heterocycles. The summed E-state index contributed by atoms with van der Waals surface area (Å²) in [7, 11) is 2.11. The van der Waals surface area contributed by atoms with E-state index in [0.717, 1.165) is 56.1 Å². The van der Waals surface area contributed by atoms with E-state index < -0.39 is 0 Å². The summed E-state index contributed by atoms with van der Waals surface area (Å²) in [4.78, 5) is 2.58. The predicted molar refractivity (Wildman–Crippen MR) is 117 cm³/mol. The standard InChI is InChI=1S/C23H33N7/c1-23(2,3)20-9-10-21-24-25-22(30(21)27-20)16-11-13-29(14-12-16)15-19-17-7-5-6-8-18(17)26-28(19)4/h9-10,16H,5-8,11-15H2,1-4H3. The van der Waals surface area contributed by atoms with Gasteiger partial charge in [-0.1, -0.05) is 20.8 Å². The third-order valence-electron chi connectivity index (χ3n) is 6.83. The van der Waals surface area contributed by atoms with Gasteiger partial charge in [-0.2, -0.15) is 14.7 Å². The van der Waals surface area contributed by atoms with Gasteiger partial charge in [-0.15, -0.1) is 10.2 Å². The van der Waals surface area contributed by atoms with Crippen LogP contribution >= 0.6 is 0 Å². The van der Waals surface area contributed by atoms with E-state index in [0.29, 0.717) is 5.92 Å². The molecule has 2 aliphatic rings. The Morgan fingerprint density at radius 3 is 2.53 bits per heavy atom. The van der Waals surface area contributed by atoms with E-state index in [4.69, 9.17) is 10.2 Å². The SMILES string of the molecule is Cn1nc2c(c1CN1CCC(c3nnc4ccc(C(C)(C)C)nn34)CC1)CCCC2. The lowest BCUT2D eigenvalue weighted by Gasteiger charge is -2.31. The van der Waals surface area contributed by atoms with Gasteiger partial charge < -0.3 is 0 Å². The first-order chi connectivity index (χ1) is 14.4. The van der Waals surface area contributed by atoms with Crippen LogP contribution in [0.1, 0.15) is 80.8 Å². The number of rotatable bonds is 3. The fourth-order valence-corrected chi connectivity index (χ4v) is 4.97. The molecule has 3 aromatic rings. The van der Waals surface area contributed by atoms with E-state index >= 15 is 0 Å².